The van der Waals surface area contributed by atoms with Gasteiger partial charge in [0.25, 0.3) is 0 Å². The SMILES string of the molecule is CC(O)C1CCN(Cc2cc(C(C)(C)C)cc(O)c2O)CC1. The number of piperidine rings is 1. The summed E-state index contributed by atoms with van der Waals surface area (Å²) in [5, 5.41) is 29.8. The number of hydrogen-bond donors (Lipinski definition) is 3. The Morgan fingerprint density at radius 2 is 1.77 bits per heavy atom. The molecule has 2 rings (SSSR count). The van der Waals surface area contributed by atoms with E-state index in [1.807, 2.05) is 13.0 Å². The number of phenols is 2. The lowest BCUT2D eigenvalue weighted by atomic mass is 9.85. The van der Waals surface area contributed by atoms with Crippen LogP contribution in [0.2, 0.25) is 0 Å². The highest BCUT2D eigenvalue weighted by atomic mass is 16.3. The average molecular weight is 307 g/mol. The van der Waals surface area contributed by atoms with Gasteiger partial charge in [0.2, 0.25) is 0 Å². The minimum Gasteiger partial charge on any atom is -0.504 e. The third-order valence-electron chi connectivity index (χ3n) is 4.74. The average Bonchev–Trinajstić information content (AvgIpc) is 2.43. The first kappa shape index (κ1) is 17.1. The second kappa shape index (κ2) is 6.47. The molecule has 1 heterocycles. The molecular weight excluding hydrogens is 278 g/mol. The molecule has 4 heteroatoms. The summed E-state index contributed by atoms with van der Waals surface area (Å²) >= 11 is 0. The normalized spacial score (nSPS) is 19.3. The molecule has 3 N–H and O–H groups in total. The quantitative estimate of drug-likeness (QED) is 0.751. The Kier molecular flexibility index (Phi) is 5.03. The largest absolute Gasteiger partial charge is 0.504 e. The summed E-state index contributed by atoms with van der Waals surface area (Å²) < 4.78 is 0. The summed E-state index contributed by atoms with van der Waals surface area (Å²) in [6, 6.07) is 3.65. The molecule has 0 radical (unpaired) electrons. The summed E-state index contributed by atoms with van der Waals surface area (Å²) in [6.07, 6.45) is 1.70. The maximum absolute atomic E-state index is 10.1. The highest BCUT2D eigenvalue weighted by molar-refractivity contribution is 5.49. The van der Waals surface area contributed by atoms with Crippen LogP contribution in [0.5, 0.6) is 11.5 Å². The van der Waals surface area contributed by atoms with Crippen LogP contribution >= 0.6 is 0 Å². The lowest BCUT2D eigenvalue weighted by molar-refractivity contribution is 0.0692. The second-order valence-corrected chi connectivity index (χ2v) is 7.61. The van der Waals surface area contributed by atoms with Crippen LogP contribution in [0.4, 0.5) is 0 Å². The van der Waals surface area contributed by atoms with Crippen molar-refractivity contribution in [3.05, 3.63) is 23.3 Å². The van der Waals surface area contributed by atoms with Crippen LogP contribution in [0.15, 0.2) is 12.1 Å². The molecular formula is C18H29NO3. The van der Waals surface area contributed by atoms with E-state index in [0.29, 0.717) is 12.5 Å². The van der Waals surface area contributed by atoms with E-state index in [4.69, 9.17) is 0 Å². The Morgan fingerprint density at radius 1 is 1.18 bits per heavy atom. The molecule has 22 heavy (non-hydrogen) atoms. The van der Waals surface area contributed by atoms with Gasteiger partial charge in [0.05, 0.1) is 6.10 Å². The van der Waals surface area contributed by atoms with Gasteiger partial charge < -0.3 is 15.3 Å². The van der Waals surface area contributed by atoms with Crippen molar-refractivity contribution in [2.45, 2.75) is 58.6 Å². The molecule has 124 valence electrons. The van der Waals surface area contributed by atoms with Gasteiger partial charge in [0.1, 0.15) is 0 Å². The van der Waals surface area contributed by atoms with Crippen LogP contribution in [0.25, 0.3) is 0 Å². The molecule has 0 spiro atoms. The van der Waals surface area contributed by atoms with Crippen molar-refractivity contribution >= 4 is 0 Å². The summed E-state index contributed by atoms with van der Waals surface area (Å²) in [4.78, 5) is 2.28. The number of rotatable bonds is 3. The van der Waals surface area contributed by atoms with Crippen LogP contribution in [0, 0.1) is 5.92 Å². The van der Waals surface area contributed by atoms with Crippen molar-refractivity contribution < 1.29 is 15.3 Å². The molecule has 0 saturated carbocycles. The molecule has 1 aromatic rings. The van der Waals surface area contributed by atoms with Gasteiger partial charge in [-0.15, -0.1) is 0 Å². The molecule has 1 aliphatic rings. The third-order valence-corrected chi connectivity index (χ3v) is 4.74. The van der Waals surface area contributed by atoms with E-state index >= 15 is 0 Å². The topological polar surface area (TPSA) is 63.9 Å². The van der Waals surface area contributed by atoms with Gasteiger partial charge in [-0.05, 0) is 55.8 Å². The van der Waals surface area contributed by atoms with Crippen molar-refractivity contribution in [2.75, 3.05) is 13.1 Å². The van der Waals surface area contributed by atoms with Crippen molar-refractivity contribution in [3.8, 4) is 11.5 Å². The number of aliphatic hydroxyl groups is 1. The van der Waals surface area contributed by atoms with Crippen molar-refractivity contribution in [3.63, 3.8) is 0 Å². The monoisotopic (exact) mass is 307 g/mol. The van der Waals surface area contributed by atoms with Gasteiger partial charge in [-0.3, -0.25) is 4.90 Å². The zero-order chi connectivity index (χ0) is 16.5. The molecule has 0 amide bonds. The molecule has 1 saturated heterocycles. The van der Waals surface area contributed by atoms with Crippen LogP contribution in [0.3, 0.4) is 0 Å². The van der Waals surface area contributed by atoms with Crippen LogP contribution in [-0.4, -0.2) is 39.4 Å². The predicted octanol–water partition coefficient (Wildman–Crippen LogP) is 2.99. The fraction of sp³-hybridized carbons (Fsp3) is 0.667. The number of aliphatic hydroxyl groups excluding tert-OH is 1. The molecule has 1 unspecified atom stereocenters. The van der Waals surface area contributed by atoms with Crippen LogP contribution in [-0.2, 0) is 12.0 Å². The number of aromatic hydroxyl groups is 2. The molecule has 0 bridgehead atoms. The number of hydrogen-bond acceptors (Lipinski definition) is 4. The van der Waals surface area contributed by atoms with Crippen LogP contribution < -0.4 is 0 Å². The standard InChI is InChI=1S/C18H29NO3/c1-12(20)13-5-7-19(8-6-13)11-14-9-15(18(2,3)4)10-16(21)17(14)22/h9-10,12-13,20-22H,5-8,11H2,1-4H3. The first-order valence-corrected chi connectivity index (χ1v) is 8.14. The van der Waals surface area contributed by atoms with E-state index in [9.17, 15) is 15.3 Å². The molecule has 0 aliphatic carbocycles. The highest BCUT2D eigenvalue weighted by Crippen LogP contribution is 2.36. The molecule has 1 aromatic carbocycles. The Hall–Kier alpha value is -1.26. The first-order valence-electron chi connectivity index (χ1n) is 8.14. The van der Waals surface area contributed by atoms with E-state index in [2.05, 4.69) is 25.7 Å². The lowest BCUT2D eigenvalue weighted by Crippen LogP contribution is -2.36. The minimum absolute atomic E-state index is 0.00866. The highest BCUT2D eigenvalue weighted by Gasteiger charge is 2.24. The minimum atomic E-state index is -0.246. The van der Waals surface area contributed by atoms with Gasteiger partial charge >= 0.3 is 0 Å². The maximum atomic E-state index is 10.1. The van der Waals surface area contributed by atoms with E-state index in [1.54, 1.807) is 6.07 Å². The van der Waals surface area contributed by atoms with E-state index in [1.165, 1.54) is 0 Å². The zero-order valence-electron chi connectivity index (χ0n) is 14.1. The smallest absolute Gasteiger partial charge is 0.162 e. The van der Waals surface area contributed by atoms with Gasteiger partial charge in [-0.25, -0.2) is 0 Å². The zero-order valence-corrected chi connectivity index (χ0v) is 14.1. The molecule has 1 aliphatic heterocycles. The Labute approximate surface area is 133 Å². The maximum Gasteiger partial charge on any atom is 0.162 e. The summed E-state index contributed by atoms with van der Waals surface area (Å²) in [7, 11) is 0. The van der Waals surface area contributed by atoms with Gasteiger partial charge in [0.15, 0.2) is 11.5 Å². The van der Waals surface area contributed by atoms with Gasteiger partial charge in [0, 0.05) is 12.1 Å². The van der Waals surface area contributed by atoms with Crippen molar-refractivity contribution in [1.29, 1.82) is 0 Å². The van der Waals surface area contributed by atoms with Gasteiger partial charge in [-0.2, -0.15) is 0 Å². The van der Waals surface area contributed by atoms with Crippen LogP contribution in [0.1, 0.15) is 51.7 Å². The fourth-order valence-corrected chi connectivity index (χ4v) is 3.07. The molecule has 0 aromatic heterocycles. The number of likely N-dealkylation sites (tertiary alicyclic amines) is 1. The van der Waals surface area contributed by atoms with Gasteiger partial charge in [-0.1, -0.05) is 26.8 Å². The molecule has 4 nitrogen and oxygen atoms in total. The summed E-state index contributed by atoms with van der Waals surface area (Å²) in [5.74, 6) is 0.325. The van der Waals surface area contributed by atoms with Crippen molar-refractivity contribution in [1.82, 2.24) is 4.90 Å². The number of nitrogens with zero attached hydrogens (tertiary/aromatic N) is 1. The Balaban J connectivity index is 2.12. The third kappa shape index (κ3) is 3.93. The number of benzene rings is 1. The first-order chi connectivity index (χ1) is 10.2. The summed E-state index contributed by atoms with van der Waals surface area (Å²) in [6.45, 7) is 10.6. The van der Waals surface area contributed by atoms with Crippen molar-refractivity contribution in [2.24, 2.45) is 5.92 Å². The van der Waals surface area contributed by atoms with E-state index < -0.39 is 0 Å². The lowest BCUT2D eigenvalue weighted by Gasteiger charge is -2.33. The fourth-order valence-electron chi connectivity index (χ4n) is 3.07. The Morgan fingerprint density at radius 3 is 2.27 bits per heavy atom. The molecule has 1 fully saturated rings. The van der Waals surface area contributed by atoms with E-state index in [0.717, 1.165) is 37.1 Å². The molecule has 1 atom stereocenters. The van der Waals surface area contributed by atoms with E-state index in [-0.39, 0.29) is 23.0 Å². The Bertz CT molecular complexity index is 512. The number of phenolic OH excluding ortho intramolecular Hbond substituents is 2. The second-order valence-electron chi connectivity index (χ2n) is 7.61. The summed E-state index contributed by atoms with van der Waals surface area (Å²) in [5.41, 5.74) is 1.73. The predicted molar refractivity (Wildman–Crippen MR) is 88.2 cm³/mol.